The van der Waals surface area contributed by atoms with E-state index in [1.807, 2.05) is 0 Å². The molecule has 4 heterocycles. The number of nitrogens with zero attached hydrogens (tertiary/aromatic N) is 4. The van der Waals surface area contributed by atoms with Crippen LogP contribution in [0.2, 0.25) is 0 Å². The van der Waals surface area contributed by atoms with Crippen LogP contribution in [-0.2, 0) is 25.7 Å². The maximum Gasteiger partial charge on any atom is 0.123 e. The summed E-state index contributed by atoms with van der Waals surface area (Å²) in [7, 11) is 0. The summed E-state index contributed by atoms with van der Waals surface area (Å²) < 4.78 is 27.3. The van der Waals surface area contributed by atoms with Crippen molar-refractivity contribution in [1.82, 2.24) is 19.9 Å². The van der Waals surface area contributed by atoms with E-state index in [9.17, 15) is 0 Å². The molecule has 0 bridgehead atoms. The third kappa shape index (κ3) is 17.1. The highest BCUT2D eigenvalue weighted by Crippen LogP contribution is 2.45. The molecule has 0 unspecified atom stereocenters. The Bertz CT molecular complexity index is 4780. The molecule has 0 spiro atoms. The molecule has 8 heteroatoms. The lowest BCUT2D eigenvalue weighted by Gasteiger charge is -2.19. The number of para-hydroxylation sites is 4. The quantitative estimate of drug-likeness (QED) is 0.0291. The Labute approximate surface area is 577 Å². The number of aryl methyl sites for hydroxylation is 4. The van der Waals surface area contributed by atoms with Crippen molar-refractivity contribution in [2.45, 2.75) is 128 Å². The molecule has 8 nitrogen and oxygen atoms in total. The van der Waals surface area contributed by atoms with Crippen LogP contribution in [0.5, 0.6) is 23.0 Å². The normalized spacial score (nSPS) is 11.6. The second-order valence-corrected chi connectivity index (χ2v) is 26.5. The lowest BCUT2D eigenvalue weighted by Crippen LogP contribution is -2.02. The second-order valence-electron chi connectivity index (χ2n) is 26.5. The minimum Gasteiger partial charge on any atom is -0.493 e. The molecule has 0 amide bonds. The first-order valence-electron chi connectivity index (χ1n) is 36.1. The van der Waals surface area contributed by atoms with Crippen LogP contribution < -0.4 is 18.9 Å². The van der Waals surface area contributed by atoms with Crippen molar-refractivity contribution in [3.63, 3.8) is 0 Å². The third-order valence-corrected chi connectivity index (χ3v) is 19.2. The molecule has 0 fully saturated rings. The van der Waals surface area contributed by atoms with Gasteiger partial charge in [-0.1, -0.05) is 185 Å². The van der Waals surface area contributed by atoms with E-state index in [2.05, 4.69) is 243 Å². The van der Waals surface area contributed by atoms with Crippen molar-refractivity contribution in [3.05, 3.63) is 265 Å². The summed E-state index contributed by atoms with van der Waals surface area (Å²) in [5.41, 5.74) is 13.1. The van der Waals surface area contributed by atoms with Crippen molar-refractivity contribution in [2.75, 3.05) is 26.4 Å². The number of pyridine rings is 4. The molecule has 10 aromatic carbocycles. The number of fused-ring (bicyclic) bond motifs is 7. The SMILES string of the molecule is c1ccc2cc3cc4c(-c5cc(OCCCCCCc6ccc7ccccc7n6)cc(OCCCCCCc6ccc7ccccc7n6)c5)c(-c5cc(OCCCCCCc6ccc7ccccc7n6)cc(OCCCCCCc6ccc7ccccc7n6)c5)ccc4cc3cc2c1. The summed E-state index contributed by atoms with van der Waals surface area (Å²) in [6.45, 7) is 2.42. The van der Waals surface area contributed by atoms with E-state index in [-0.39, 0.29) is 0 Å². The lowest BCUT2D eigenvalue weighted by atomic mass is 9.88. The van der Waals surface area contributed by atoms with E-state index in [1.54, 1.807) is 0 Å². The van der Waals surface area contributed by atoms with Crippen LogP contribution in [0, 0.1) is 0 Å². The standard InChI is InChI=1S/C90H88N4O4/c1(9-33-76-46-41-65-27-15-19-37-86(65)91-76)5-23-51-95-80-58-74(59-81(63-80)96-52-24-6-2-10-34-77-47-42-66-28-16-20-38-87(66)92-77)84-50-45-71-57-72-55-69-31-13-14-32-70(69)56-73(72)62-85(71)90(84)75-60-82(97-53-25-7-3-11-35-78-48-43-67-29-17-21-39-88(67)93-78)64-83(61-75)98-54-26-8-4-12-36-79-49-44-68-30-18-22-40-89(68)94-79/h13-22,27-32,37-50,55-64H,1-12,23-26,33-36,51-54H2. The number of rotatable bonds is 34. The smallest absolute Gasteiger partial charge is 0.123 e. The fourth-order valence-electron chi connectivity index (χ4n) is 13.9. The van der Waals surface area contributed by atoms with Gasteiger partial charge < -0.3 is 18.9 Å². The number of hydrogen-bond acceptors (Lipinski definition) is 8. The molecule has 492 valence electrons. The molecule has 0 aliphatic carbocycles. The fraction of sp³-hybridized carbons (Fsp3) is 0.267. The summed E-state index contributed by atoms with van der Waals surface area (Å²) in [5, 5.41) is 11.9. The predicted molar refractivity (Wildman–Crippen MR) is 407 cm³/mol. The third-order valence-electron chi connectivity index (χ3n) is 19.2. The van der Waals surface area contributed by atoms with E-state index in [4.69, 9.17) is 38.9 Å². The van der Waals surface area contributed by atoms with Gasteiger partial charge >= 0.3 is 0 Å². The minimum atomic E-state index is 0.604. The second kappa shape index (κ2) is 32.7. The summed E-state index contributed by atoms with van der Waals surface area (Å²) in [5.74, 6) is 3.22. The van der Waals surface area contributed by atoms with Gasteiger partial charge in [-0.3, -0.25) is 19.9 Å². The van der Waals surface area contributed by atoms with Crippen LogP contribution in [0.1, 0.15) is 126 Å². The Morgan fingerprint density at radius 3 is 0.878 bits per heavy atom. The maximum absolute atomic E-state index is 6.85. The van der Waals surface area contributed by atoms with E-state index in [0.29, 0.717) is 26.4 Å². The molecule has 0 saturated carbocycles. The van der Waals surface area contributed by atoms with Gasteiger partial charge in [0.2, 0.25) is 0 Å². The molecule has 0 saturated heterocycles. The monoisotopic (exact) mass is 1290 g/mol. The first kappa shape index (κ1) is 65.1. The van der Waals surface area contributed by atoms with E-state index in [1.165, 1.54) is 43.1 Å². The number of benzene rings is 10. The van der Waals surface area contributed by atoms with E-state index in [0.717, 1.165) is 229 Å². The zero-order valence-corrected chi connectivity index (χ0v) is 56.5. The molecular weight excluding hydrogens is 1200 g/mol. The number of aromatic nitrogens is 4. The Hall–Kier alpha value is -10.2. The van der Waals surface area contributed by atoms with Gasteiger partial charge in [-0.25, -0.2) is 0 Å². The molecule has 98 heavy (non-hydrogen) atoms. The van der Waals surface area contributed by atoms with Crippen LogP contribution in [0.3, 0.4) is 0 Å². The molecule has 0 N–H and O–H groups in total. The van der Waals surface area contributed by atoms with Gasteiger partial charge in [-0.15, -0.1) is 0 Å². The highest BCUT2D eigenvalue weighted by Gasteiger charge is 2.19. The number of unbranched alkanes of at least 4 members (excludes halogenated alkanes) is 12. The zero-order chi connectivity index (χ0) is 65.9. The van der Waals surface area contributed by atoms with Gasteiger partial charge in [0.15, 0.2) is 0 Å². The molecule has 0 aliphatic heterocycles. The molecular formula is C90H88N4O4. The average Bonchev–Trinajstić information content (AvgIpc) is 0.746. The van der Waals surface area contributed by atoms with Crippen LogP contribution in [-0.4, -0.2) is 46.4 Å². The average molecular weight is 1290 g/mol. The number of ether oxygens (including phenoxy) is 4. The molecule has 14 aromatic rings. The summed E-state index contributed by atoms with van der Waals surface area (Å²) >= 11 is 0. The predicted octanol–water partition coefficient (Wildman–Crippen LogP) is 23.4. The highest BCUT2D eigenvalue weighted by atomic mass is 16.5. The van der Waals surface area contributed by atoms with Crippen LogP contribution >= 0.6 is 0 Å². The van der Waals surface area contributed by atoms with Crippen molar-refractivity contribution in [3.8, 4) is 45.3 Å². The van der Waals surface area contributed by atoms with Crippen molar-refractivity contribution in [1.29, 1.82) is 0 Å². The van der Waals surface area contributed by atoms with Crippen molar-refractivity contribution >= 4 is 75.9 Å². The van der Waals surface area contributed by atoms with Gasteiger partial charge in [-0.05, 0) is 229 Å². The van der Waals surface area contributed by atoms with Gasteiger partial charge in [0.05, 0.1) is 48.5 Å². The summed E-state index contributed by atoms with van der Waals surface area (Å²) in [6.07, 6.45) is 20.7. The fourth-order valence-corrected chi connectivity index (χ4v) is 13.9. The first-order valence-corrected chi connectivity index (χ1v) is 36.1. The Morgan fingerprint density at radius 1 is 0.214 bits per heavy atom. The van der Waals surface area contributed by atoms with Crippen molar-refractivity contribution < 1.29 is 18.9 Å². The van der Waals surface area contributed by atoms with Gasteiger partial charge in [0.1, 0.15) is 23.0 Å². The minimum absolute atomic E-state index is 0.604. The van der Waals surface area contributed by atoms with Crippen LogP contribution in [0.25, 0.3) is 98.2 Å². The molecule has 0 aliphatic rings. The van der Waals surface area contributed by atoms with Crippen LogP contribution in [0.15, 0.2) is 243 Å². The first-order chi connectivity index (χ1) is 48.5. The summed E-state index contributed by atoms with van der Waals surface area (Å²) in [4.78, 5) is 19.8. The Kier molecular flexibility index (Phi) is 21.7. The highest BCUT2D eigenvalue weighted by molar-refractivity contribution is 6.12. The van der Waals surface area contributed by atoms with E-state index >= 15 is 0 Å². The Balaban J connectivity index is 0.726. The lowest BCUT2D eigenvalue weighted by molar-refractivity contribution is 0.290. The largest absolute Gasteiger partial charge is 0.493 e. The Morgan fingerprint density at radius 2 is 0.510 bits per heavy atom. The topological polar surface area (TPSA) is 88.5 Å². The molecule has 0 atom stereocenters. The zero-order valence-electron chi connectivity index (χ0n) is 56.5. The number of hydrogen-bond donors (Lipinski definition) is 0. The van der Waals surface area contributed by atoms with E-state index < -0.39 is 0 Å². The molecule has 4 aromatic heterocycles. The van der Waals surface area contributed by atoms with Gasteiger partial charge in [0, 0.05) is 56.5 Å². The summed E-state index contributed by atoms with van der Waals surface area (Å²) in [6, 6.07) is 86.8. The maximum atomic E-state index is 6.85. The molecule has 14 rings (SSSR count). The van der Waals surface area contributed by atoms with Crippen LogP contribution in [0.4, 0.5) is 0 Å². The van der Waals surface area contributed by atoms with Crippen molar-refractivity contribution in [2.24, 2.45) is 0 Å². The molecule has 0 radical (unpaired) electrons. The van der Waals surface area contributed by atoms with Gasteiger partial charge in [0.25, 0.3) is 0 Å². The van der Waals surface area contributed by atoms with Gasteiger partial charge in [-0.2, -0.15) is 0 Å².